The van der Waals surface area contributed by atoms with Crippen LogP contribution in [0.15, 0.2) is 552 Å². The van der Waals surface area contributed by atoms with Gasteiger partial charge < -0.3 is 19.4 Å². The van der Waals surface area contributed by atoms with Crippen molar-refractivity contribution in [2.75, 3.05) is 9.80 Å². The molecule has 23 aromatic carbocycles. The molecule has 1 N–H and O–H groups in total. The predicted octanol–water partition coefficient (Wildman–Crippen LogP) is 37.1. The Hall–Kier alpha value is -18.7. The number of benzene rings is 23. The summed E-state index contributed by atoms with van der Waals surface area (Å²) < 4.78 is 2.39. The Bertz CT molecular complexity index is 9310. The fraction of sp³-hybridized carbons (Fsp3) is 0.0143. The molecule has 0 saturated heterocycles. The van der Waals surface area contributed by atoms with Gasteiger partial charge in [0.2, 0.25) is 0 Å². The molecule has 0 saturated carbocycles. The van der Waals surface area contributed by atoms with Crippen LogP contribution in [0.3, 0.4) is 0 Å². The molecule has 0 bridgehead atoms. The molecule has 2 aromatic heterocycles. The highest BCUT2D eigenvalue weighted by molar-refractivity contribution is 6.11. The van der Waals surface area contributed by atoms with Crippen LogP contribution in [0, 0.1) is 0 Å². The van der Waals surface area contributed by atoms with Crippen molar-refractivity contribution in [2.24, 2.45) is 0 Å². The third kappa shape index (κ3) is 13.5. The molecule has 2 heterocycles. The summed E-state index contributed by atoms with van der Waals surface area (Å²) in [4.78, 5) is 8.37. The van der Waals surface area contributed by atoms with Gasteiger partial charge in [-0.2, -0.15) is 0 Å². The average Bonchev–Trinajstić information content (AvgIpc) is 1.51. The van der Waals surface area contributed by atoms with Crippen molar-refractivity contribution in [3.8, 4) is 139 Å². The lowest BCUT2D eigenvalue weighted by Gasteiger charge is -2.30. The zero-order chi connectivity index (χ0) is 94.9. The van der Waals surface area contributed by atoms with Gasteiger partial charge in [0.1, 0.15) is 0 Å². The van der Waals surface area contributed by atoms with Crippen LogP contribution in [0.4, 0.5) is 34.1 Å². The maximum atomic E-state index is 3.63. The zero-order valence-corrected chi connectivity index (χ0v) is 78.9. The second-order valence-electron chi connectivity index (χ2n) is 38.5. The SMILES string of the molecule is c1ccc(-c2ccc(N(c3ccc(-c4ccc5c(c4)-c4ccccc4C54c5ccccc5-c5cc(-c6ccccc6)ccc54)cc3)c3ccc(-c4ccc5c(c4)[nH]c4ccccc45)cc3)cc2)cc1.c1ccc(-c2ccc(N(c3ccc(-c4ccc5c(c4)-c4ccccc4C54c5ccccc5-c5cc(-c6ccccc6)ccc54)cc3)c3ccc(-c4ccc5c6ccccc6n(-c6ccccc6)c5c4)cc3)cc2)cc1. The van der Waals surface area contributed by atoms with Crippen LogP contribution in [0.25, 0.3) is 183 Å². The number of hydrogen-bond acceptors (Lipinski definition) is 2. The summed E-state index contributed by atoms with van der Waals surface area (Å²) in [7, 11) is 0. The minimum atomic E-state index is -0.406. The van der Waals surface area contributed by atoms with Crippen LogP contribution in [-0.4, -0.2) is 9.55 Å². The van der Waals surface area contributed by atoms with Crippen LogP contribution in [0.2, 0.25) is 0 Å². The molecule has 2 unspecified atom stereocenters. The second kappa shape index (κ2) is 34.1. The van der Waals surface area contributed by atoms with Gasteiger partial charge in [-0.25, -0.2) is 0 Å². The number of H-pyrrole nitrogens is 1. The fourth-order valence-corrected chi connectivity index (χ4v) is 24.3. The lowest BCUT2D eigenvalue weighted by Crippen LogP contribution is -2.25. The Kier molecular flexibility index (Phi) is 19.8. The molecule has 25 aromatic rings. The van der Waals surface area contributed by atoms with Crippen molar-refractivity contribution in [3.63, 3.8) is 0 Å². The molecule has 4 aliphatic rings. The highest BCUT2D eigenvalue weighted by Gasteiger charge is 2.54. The van der Waals surface area contributed by atoms with E-state index in [9.17, 15) is 0 Å². The quantitative estimate of drug-likeness (QED) is 0.111. The van der Waals surface area contributed by atoms with E-state index in [4.69, 9.17) is 0 Å². The predicted molar refractivity (Wildman–Crippen MR) is 602 cm³/mol. The molecule has 0 fully saturated rings. The first-order valence-corrected chi connectivity index (χ1v) is 49.9. The number of fused-ring (bicyclic) bond motifs is 26. The summed E-state index contributed by atoms with van der Waals surface area (Å²) in [6, 6.07) is 203. The van der Waals surface area contributed by atoms with Crippen molar-refractivity contribution in [3.05, 3.63) is 597 Å². The summed E-state index contributed by atoms with van der Waals surface area (Å²) in [5, 5.41) is 5.01. The number of hydrogen-bond donors (Lipinski definition) is 1. The van der Waals surface area contributed by atoms with Gasteiger partial charge in [0.15, 0.2) is 0 Å². The van der Waals surface area contributed by atoms with E-state index < -0.39 is 10.8 Å². The third-order valence-corrected chi connectivity index (χ3v) is 30.9. The topological polar surface area (TPSA) is 27.2 Å². The minimum Gasteiger partial charge on any atom is -0.354 e. The number of aromatic amines is 1. The van der Waals surface area contributed by atoms with Crippen molar-refractivity contribution in [2.45, 2.75) is 10.8 Å². The number of para-hydroxylation sites is 3. The minimum absolute atomic E-state index is 0.398. The Labute approximate surface area is 837 Å². The first-order chi connectivity index (χ1) is 71.4. The molecule has 2 spiro atoms. The average molecular weight is 1830 g/mol. The molecule has 2 atom stereocenters. The smallest absolute Gasteiger partial charge is 0.0725 e. The zero-order valence-electron chi connectivity index (χ0n) is 78.9. The van der Waals surface area contributed by atoms with E-state index in [1.165, 1.54) is 211 Å². The van der Waals surface area contributed by atoms with Gasteiger partial charge in [0.05, 0.1) is 21.9 Å². The number of nitrogens with zero attached hydrogens (tertiary/aromatic N) is 3. The lowest BCUT2D eigenvalue weighted by atomic mass is 9.70. The maximum absolute atomic E-state index is 3.63. The lowest BCUT2D eigenvalue weighted by molar-refractivity contribution is 0.794. The maximum Gasteiger partial charge on any atom is 0.0725 e. The Morgan fingerprint density at radius 3 is 0.729 bits per heavy atom. The van der Waals surface area contributed by atoms with Crippen LogP contribution in [-0.2, 0) is 10.8 Å². The number of nitrogens with one attached hydrogen (secondary N) is 1. The molecule has 4 aliphatic carbocycles. The monoisotopic (exact) mass is 1830 g/mol. The van der Waals surface area contributed by atoms with Crippen LogP contribution in [0.1, 0.15) is 44.5 Å². The van der Waals surface area contributed by atoms with E-state index in [-0.39, 0.29) is 0 Å². The van der Waals surface area contributed by atoms with Crippen molar-refractivity contribution in [1.29, 1.82) is 0 Å². The normalized spacial score (nSPS) is 14.0. The molecule has 4 heteroatoms. The molecule has 4 nitrogen and oxygen atoms in total. The number of anilines is 6. The standard InChI is InChI=1S/C73H48N2.C67H44N2/c1-4-16-49(17-5-1)51-28-37-58(38-29-51)74(60-41-32-53(33-42-60)56-34-43-64-63-24-12-15-27-71(63)75(72(64)48-56)57-20-8-3-9-21-57)59-39-30-52(31-40-59)55-36-45-70-66(47-55)62-23-11-14-26-68(62)73(70)67-25-13-10-22-61(67)65-46-54(35-44-69(65)73)50-18-6-2-7-19-50;1-3-13-44(14-4-1)46-23-32-52(33-24-46)69(54-36-27-48(28-37-54)51-29-38-58-57-19-9-12-22-65(57)68-66(58)43-51)53-34-25-47(26-35-53)50-31-40-64-60(42-50)56-18-8-11-21-62(56)67(64)61-20-10-7-17-55(61)59-41-49(30-39-63(59)67)45-15-5-2-6-16-45/h1-48H;1-43,68H. The summed E-state index contributed by atoms with van der Waals surface area (Å²) in [5.41, 5.74) is 52.1. The summed E-state index contributed by atoms with van der Waals surface area (Å²) in [6.45, 7) is 0. The van der Waals surface area contributed by atoms with Gasteiger partial charge in [-0.05, 0) is 311 Å². The van der Waals surface area contributed by atoms with E-state index in [0.717, 1.165) is 50.8 Å². The summed E-state index contributed by atoms with van der Waals surface area (Å²) in [6.07, 6.45) is 0. The summed E-state index contributed by atoms with van der Waals surface area (Å²) in [5.74, 6) is 0. The first-order valence-electron chi connectivity index (χ1n) is 49.9. The van der Waals surface area contributed by atoms with Gasteiger partial charge in [-0.3, -0.25) is 0 Å². The molecular weight excluding hydrogens is 1740 g/mol. The second-order valence-corrected chi connectivity index (χ2v) is 38.5. The van der Waals surface area contributed by atoms with Gasteiger partial charge in [0.25, 0.3) is 0 Å². The largest absolute Gasteiger partial charge is 0.354 e. The molecule has 29 rings (SSSR count). The molecule has 144 heavy (non-hydrogen) atoms. The molecular formula is C140H92N4. The Morgan fingerprint density at radius 2 is 0.375 bits per heavy atom. The number of aromatic nitrogens is 2. The number of rotatable bonds is 15. The summed E-state index contributed by atoms with van der Waals surface area (Å²) >= 11 is 0. The van der Waals surface area contributed by atoms with Crippen molar-refractivity contribution < 1.29 is 0 Å². The van der Waals surface area contributed by atoms with E-state index in [0.29, 0.717) is 0 Å². The van der Waals surface area contributed by atoms with E-state index >= 15 is 0 Å². The molecule has 0 radical (unpaired) electrons. The van der Waals surface area contributed by atoms with Crippen LogP contribution < -0.4 is 9.80 Å². The third-order valence-electron chi connectivity index (χ3n) is 30.9. The van der Waals surface area contributed by atoms with Crippen LogP contribution in [0.5, 0.6) is 0 Å². The van der Waals surface area contributed by atoms with Crippen molar-refractivity contribution >= 4 is 77.7 Å². The Balaban J connectivity index is 0.000000141. The van der Waals surface area contributed by atoms with Crippen molar-refractivity contribution in [1.82, 2.24) is 9.55 Å². The molecule has 0 amide bonds. The van der Waals surface area contributed by atoms with E-state index in [1.807, 2.05) is 0 Å². The highest BCUT2D eigenvalue weighted by Crippen LogP contribution is 2.66. The van der Waals surface area contributed by atoms with Crippen LogP contribution >= 0.6 is 0 Å². The molecule has 0 aliphatic heterocycles. The molecule has 672 valence electrons. The van der Waals surface area contributed by atoms with E-state index in [1.54, 1.807) is 0 Å². The van der Waals surface area contributed by atoms with Gasteiger partial charge in [-0.1, -0.05) is 419 Å². The highest BCUT2D eigenvalue weighted by atomic mass is 15.1. The van der Waals surface area contributed by atoms with E-state index in [2.05, 4.69) is 571 Å². The van der Waals surface area contributed by atoms with Gasteiger partial charge >= 0.3 is 0 Å². The Morgan fingerprint density at radius 1 is 0.146 bits per heavy atom. The first kappa shape index (κ1) is 83.4. The van der Waals surface area contributed by atoms with Gasteiger partial charge in [0, 0.05) is 72.4 Å². The van der Waals surface area contributed by atoms with Gasteiger partial charge in [-0.15, -0.1) is 0 Å². The fourth-order valence-electron chi connectivity index (χ4n) is 24.3.